The molecule has 0 saturated heterocycles. The molecule has 1 aliphatic rings. The number of fused-ring (bicyclic) bond motifs is 1. The standard InChI is InChI=1S/C28H29BN3/c1-20-12-9-10-17-25(20)32-28-27(23(4)18-19-30(28)5)31(24-15-7-6-8-16-24)29(32)26-21(2)13-11-14-22(26)3/h6-19H,1-5H3/q+1/i4D3. The average molecular weight is 421 g/mol. The van der Waals surface area contributed by atoms with Crippen LogP contribution in [0.2, 0.25) is 0 Å². The third-order valence-electron chi connectivity index (χ3n) is 6.43. The Morgan fingerprint density at radius 2 is 1.38 bits per heavy atom. The van der Waals surface area contributed by atoms with E-state index in [1.54, 1.807) is 6.07 Å². The minimum atomic E-state index is -2.27. The quantitative estimate of drug-likeness (QED) is 0.323. The fraction of sp³-hybridized carbons (Fsp3) is 0.179. The first-order valence-corrected chi connectivity index (χ1v) is 11.0. The third-order valence-corrected chi connectivity index (χ3v) is 6.43. The molecule has 158 valence electrons. The van der Waals surface area contributed by atoms with E-state index >= 15 is 0 Å². The lowest BCUT2D eigenvalue weighted by molar-refractivity contribution is -0.657. The molecule has 0 atom stereocenters. The summed E-state index contributed by atoms with van der Waals surface area (Å²) in [6.07, 6.45) is 1.86. The highest BCUT2D eigenvalue weighted by molar-refractivity contribution is 6.85. The Morgan fingerprint density at radius 3 is 2.06 bits per heavy atom. The van der Waals surface area contributed by atoms with Crippen LogP contribution in [0.1, 0.15) is 26.4 Å². The summed E-state index contributed by atoms with van der Waals surface area (Å²) in [6, 6.07) is 26.5. The zero-order valence-electron chi connectivity index (χ0n) is 22.0. The SMILES string of the molecule is [2H]C([2H])([2H])c1cc[n+](C)c2c1N(c1ccccc1)B(c1c(C)cccc1C)N2c1ccccc1C. The Hall–Kier alpha value is -3.53. The molecule has 0 saturated carbocycles. The van der Waals surface area contributed by atoms with E-state index in [-0.39, 0.29) is 6.98 Å². The van der Waals surface area contributed by atoms with Gasteiger partial charge in [0, 0.05) is 15.3 Å². The molecule has 3 nitrogen and oxygen atoms in total. The van der Waals surface area contributed by atoms with Crippen LogP contribution in [0.4, 0.5) is 22.9 Å². The van der Waals surface area contributed by atoms with Crippen LogP contribution >= 0.6 is 0 Å². The number of hydrogen-bond donors (Lipinski definition) is 0. The number of benzene rings is 3. The highest BCUT2D eigenvalue weighted by atomic mass is 15.4. The molecule has 3 aromatic carbocycles. The molecule has 0 N–H and O–H groups in total. The molecule has 0 bridgehead atoms. The van der Waals surface area contributed by atoms with Gasteiger partial charge >= 0.3 is 6.98 Å². The highest BCUT2D eigenvalue weighted by Crippen LogP contribution is 2.46. The molecule has 32 heavy (non-hydrogen) atoms. The molecular weight excluding hydrogens is 389 g/mol. The second kappa shape index (κ2) is 7.87. The van der Waals surface area contributed by atoms with Gasteiger partial charge < -0.3 is 4.81 Å². The van der Waals surface area contributed by atoms with Gasteiger partial charge in [0.2, 0.25) is 0 Å². The summed E-state index contributed by atoms with van der Waals surface area (Å²) in [5, 5.41) is 0. The van der Waals surface area contributed by atoms with Gasteiger partial charge in [0.05, 0.1) is 13.2 Å². The summed E-state index contributed by atoms with van der Waals surface area (Å²) in [4.78, 5) is 4.51. The lowest BCUT2D eigenvalue weighted by Gasteiger charge is -2.27. The number of hydrogen-bond acceptors (Lipinski definition) is 2. The molecule has 1 aromatic heterocycles. The number of anilines is 4. The first-order chi connectivity index (χ1) is 16.7. The van der Waals surface area contributed by atoms with Crippen LogP contribution < -0.4 is 19.7 Å². The van der Waals surface area contributed by atoms with Crippen LogP contribution in [-0.2, 0) is 7.05 Å². The van der Waals surface area contributed by atoms with Crippen molar-refractivity contribution < 1.29 is 8.68 Å². The van der Waals surface area contributed by atoms with Gasteiger partial charge in [-0.2, -0.15) is 0 Å². The Labute approximate surface area is 195 Å². The van der Waals surface area contributed by atoms with E-state index in [1.807, 2.05) is 48.1 Å². The van der Waals surface area contributed by atoms with Crippen LogP contribution in [0.3, 0.4) is 0 Å². The van der Waals surface area contributed by atoms with Crippen LogP contribution in [0.15, 0.2) is 85.1 Å². The first kappa shape index (κ1) is 17.1. The maximum atomic E-state index is 8.41. The largest absolute Gasteiger partial charge is 0.543 e. The van der Waals surface area contributed by atoms with Gasteiger partial charge in [0.25, 0.3) is 5.82 Å². The van der Waals surface area contributed by atoms with Crippen molar-refractivity contribution in [2.24, 2.45) is 7.05 Å². The average Bonchev–Trinajstić information content (AvgIpc) is 3.15. The van der Waals surface area contributed by atoms with Crippen molar-refractivity contribution in [1.82, 2.24) is 0 Å². The molecule has 0 amide bonds. The maximum Gasteiger partial charge on any atom is 0.543 e. The summed E-state index contributed by atoms with van der Waals surface area (Å²) in [6.45, 7) is 3.85. The Balaban J connectivity index is 1.94. The Kier molecular flexibility index (Phi) is 4.20. The molecule has 4 aromatic rings. The number of para-hydroxylation sites is 2. The third kappa shape index (κ3) is 3.10. The van der Waals surface area contributed by atoms with Crippen molar-refractivity contribution in [2.45, 2.75) is 27.6 Å². The number of rotatable bonds is 3. The number of aromatic nitrogens is 1. The van der Waals surface area contributed by atoms with E-state index in [0.717, 1.165) is 28.4 Å². The van der Waals surface area contributed by atoms with E-state index in [9.17, 15) is 0 Å². The summed E-state index contributed by atoms with van der Waals surface area (Å²) in [7, 11) is 1.99. The van der Waals surface area contributed by atoms with E-state index in [0.29, 0.717) is 5.56 Å². The second-order valence-corrected chi connectivity index (χ2v) is 8.55. The van der Waals surface area contributed by atoms with Gasteiger partial charge in [-0.25, -0.2) is 4.57 Å². The fourth-order valence-corrected chi connectivity index (χ4v) is 4.93. The highest BCUT2D eigenvalue weighted by Gasteiger charge is 2.54. The molecule has 0 unspecified atom stereocenters. The molecular formula is C28H29BN3+. The summed E-state index contributed by atoms with van der Waals surface area (Å²) in [5.74, 6) is 0.865. The van der Waals surface area contributed by atoms with Gasteiger partial charge in [-0.3, -0.25) is 4.81 Å². The van der Waals surface area contributed by atoms with Gasteiger partial charge in [0.1, 0.15) is 11.4 Å². The fourth-order valence-electron chi connectivity index (χ4n) is 4.93. The molecule has 5 rings (SSSR count). The topological polar surface area (TPSA) is 10.4 Å². The summed E-state index contributed by atoms with van der Waals surface area (Å²) >= 11 is 0. The predicted octanol–water partition coefficient (Wildman–Crippen LogP) is 5.43. The predicted molar refractivity (Wildman–Crippen MR) is 136 cm³/mol. The monoisotopic (exact) mass is 421 g/mol. The van der Waals surface area contributed by atoms with E-state index in [4.69, 9.17) is 4.11 Å². The van der Waals surface area contributed by atoms with Gasteiger partial charge in [0.15, 0.2) is 0 Å². The minimum absolute atomic E-state index is 0.260. The summed E-state index contributed by atoms with van der Waals surface area (Å²) < 4.78 is 27.3. The molecule has 1 aliphatic heterocycles. The van der Waals surface area contributed by atoms with Crippen molar-refractivity contribution in [3.63, 3.8) is 0 Å². The van der Waals surface area contributed by atoms with Crippen LogP contribution in [-0.4, -0.2) is 6.98 Å². The molecule has 0 aliphatic carbocycles. The van der Waals surface area contributed by atoms with Crippen LogP contribution in [0.25, 0.3) is 0 Å². The van der Waals surface area contributed by atoms with Crippen LogP contribution in [0, 0.1) is 27.6 Å². The van der Waals surface area contributed by atoms with Crippen molar-refractivity contribution in [3.05, 3.63) is 107 Å². The maximum absolute atomic E-state index is 8.41. The normalized spacial score (nSPS) is 14.8. The zero-order valence-corrected chi connectivity index (χ0v) is 19.0. The number of nitrogens with zero attached hydrogens (tertiary/aromatic N) is 3. The van der Waals surface area contributed by atoms with E-state index in [1.165, 1.54) is 16.6 Å². The zero-order chi connectivity index (χ0) is 24.9. The molecule has 2 heterocycles. The first-order valence-electron chi connectivity index (χ1n) is 12.5. The number of aryl methyl sites for hydroxylation is 5. The van der Waals surface area contributed by atoms with E-state index < -0.39 is 6.85 Å². The molecule has 4 heteroatoms. The lowest BCUT2D eigenvalue weighted by atomic mass is 9.61. The van der Waals surface area contributed by atoms with Crippen LogP contribution in [0.5, 0.6) is 0 Å². The van der Waals surface area contributed by atoms with Gasteiger partial charge in [-0.05, 0) is 74.1 Å². The molecule has 0 radical (unpaired) electrons. The van der Waals surface area contributed by atoms with Crippen molar-refractivity contribution in [3.8, 4) is 0 Å². The van der Waals surface area contributed by atoms with Gasteiger partial charge in [-0.1, -0.05) is 54.6 Å². The summed E-state index contributed by atoms with van der Waals surface area (Å²) in [5.41, 5.74) is 7.71. The number of pyridine rings is 1. The van der Waals surface area contributed by atoms with Crippen molar-refractivity contribution in [2.75, 3.05) is 9.62 Å². The Bertz CT molecular complexity index is 1380. The van der Waals surface area contributed by atoms with Gasteiger partial charge in [-0.15, -0.1) is 0 Å². The smallest absolute Gasteiger partial charge is 0.333 e. The Morgan fingerprint density at radius 1 is 0.719 bits per heavy atom. The second-order valence-electron chi connectivity index (χ2n) is 8.55. The molecule has 0 spiro atoms. The molecule has 0 fully saturated rings. The van der Waals surface area contributed by atoms with Crippen molar-refractivity contribution in [1.29, 1.82) is 0 Å². The van der Waals surface area contributed by atoms with E-state index in [2.05, 4.69) is 72.9 Å². The minimum Gasteiger partial charge on any atom is -0.333 e. The van der Waals surface area contributed by atoms with Crippen molar-refractivity contribution >= 4 is 35.3 Å². The lowest BCUT2D eigenvalue weighted by Crippen LogP contribution is -2.56.